The monoisotopic (exact) mass is 202 g/mol. The van der Waals surface area contributed by atoms with E-state index in [2.05, 4.69) is 5.32 Å². The quantitative estimate of drug-likeness (QED) is 0.572. The Hall–Kier alpha value is -0.610. The highest BCUT2D eigenvalue weighted by molar-refractivity contribution is 5.78. The maximum atomic E-state index is 11.4. The molecule has 0 spiro atoms. The second kappa shape index (κ2) is 5.98. The van der Waals surface area contributed by atoms with E-state index in [9.17, 15) is 4.79 Å². The molecule has 0 bridgehead atoms. The highest BCUT2D eigenvalue weighted by atomic mass is 16.3. The van der Waals surface area contributed by atoms with Crippen LogP contribution in [0.3, 0.4) is 0 Å². The molecule has 0 heterocycles. The van der Waals surface area contributed by atoms with E-state index in [4.69, 9.17) is 10.8 Å². The zero-order valence-corrected chi connectivity index (χ0v) is 9.34. The van der Waals surface area contributed by atoms with Crippen LogP contribution in [0.5, 0.6) is 0 Å². The zero-order valence-electron chi connectivity index (χ0n) is 9.34. The van der Waals surface area contributed by atoms with Crippen LogP contribution in [-0.4, -0.2) is 30.7 Å². The summed E-state index contributed by atoms with van der Waals surface area (Å²) in [6.45, 7) is 6.75. The molecule has 1 unspecified atom stereocenters. The summed E-state index contributed by atoms with van der Waals surface area (Å²) in [4.78, 5) is 11.4. The van der Waals surface area contributed by atoms with Crippen molar-refractivity contribution in [3.8, 4) is 0 Å². The van der Waals surface area contributed by atoms with E-state index in [1.807, 2.05) is 20.8 Å². The summed E-state index contributed by atoms with van der Waals surface area (Å²) in [5.74, 6) is -0.0357. The summed E-state index contributed by atoms with van der Waals surface area (Å²) in [5, 5.41) is 11.8. The van der Waals surface area contributed by atoms with Crippen LogP contribution in [0.2, 0.25) is 0 Å². The van der Waals surface area contributed by atoms with Crippen molar-refractivity contribution in [2.75, 3.05) is 19.7 Å². The topological polar surface area (TPSA) is 75.4 Å². The first kappa shape index (κ1) is 13.4. The van der Waals surface area contributed by atoms with Gasteiger partial charge in [-0.3, -0.25) is 4.79 Å². The van der Waals surface area contributed by atoms with Crippen molar-refractivity contribution in [1.82, 2.24) is 5.32 Å². The first-order chi connectivity index (χ1) is 6.43. The Morgan fingerprint density at radius 2 is 2.14 bits per heavy atom. The molecule has 84 valence electrons. The minimum Gasteiger partial charge on any atom is -0.396 e. The summed E-state index contributed by atoms with van der Waals surface area (Å²) in [6.07, 6.45) is 0.700. The van der Waals surface area contributed by atoms with E-state index in [0.29, 0.717) is 19.5 Å². The van der Waals surface area contributed by atoms with Gasteiger partial charge in [-0.15, -0.1) is 0 Å². The number of carbonyl (C=O) groups is 1. The molecule has 0 saturated carbocycles. The van der Waals surface area contributed by atoms with Crippen LogP contribution < -0.4 is 11.1 Å². The average Bonchev–Trinajstić information content (AvgIpc) is 2.15. The van der Waals surface area contributed by atoms with Gasteiger partial charge in [0.15, 0.2) is 0 Å². The predicted molar refractivity (Wildman–Crippen MR) is 56.7 cm³/mol. The molecule has 0 fully saturated rings. The number of aliphatic hydroxyl groups excluding tert-OH is 1. The number of carbonyl (C=O) groups excluding carboxylic acids is 1. The molecule has 0 radical (unpaired) electrons. The molecule has 0 saturated heterocycles. The van der Waals surface area contributed by atoms with Crippen molar-refractivity contribution in [3.63, 3.8) is 0 Å². The van der Waals surface area contributed by atoms with Crippen molar-refractivity contribution in [3.05, 3.63) is 0 Å². The fraction of sp³-hybridized carbons (Fsp3) is 0.900. The molecule has 1 amide bonds. The van der Waals surface area contributed by atoms with Crippen LogP contribution in [0.4, 0.5) is 0 Å². The first-order valence-electron chi connectivity index (χ1n) is 5.01. The minimum atomic E-state index is -0.252. The molecule has 4 heteroatoms. The third-order valence-corrected chi connectivity index (χ3v) is 2.22. The molecular weight excluding hydrogens is 180 g/mol. The standard InChI is InChI=1S/C10H22N2O2/c1-8(4-5-11)9(14)12-6-10(2,3)7-13/h8,13H,4-7,11H2,1-3H3,(H,12,14). The van der Waals surface area contributed by atoms with E-state index in [1.54, 1.807) is 0 Å². The van der Waals surface area contributed by atoms with Gasteiger partial charge in [-0.25, -0.2) is 0 Å². The Bertz CT molecular complexity index is 181. The molecule has 0 aromatic rings. The van der Waals surface area contributed by atoms with Gasteiger partial charge in [0.25, 0.3) is 0 Å². The Morgan fingerprint density at radius 3 is 2.57 bits per heavy atom. The number of aliphatic hydroxyl groups is 1. The van der Waals surface area contributed by atoms with Gasteiger partial charge >= 0.3 is 0 Å². The molecule has 0 aliphatic carbocycles. The van der Waals surface area contributed by atoms with Crippen LogP contribution in [0, 0.1) is 11.3 Å². The molecule has 0 aromatic heterocycles. The normalized spacial score (nSPS) is 13.8. The summed E-state index contributed by atoms with van der Waals surface area (Å²) in [6, 6.07) is 0. The molecule has 0 rings (SSSR count). The van der Waals surface area contributed by atoms with Crippen molar-refractivity contribution >= 4 is 5.91 Å². The van der Waals surface area contributed by atoms with Gasteiger partial charge in [-0.1, -0.05) is 20.8 Å². The SMILES string of the molecule is CC(CCN)C(=O)NCC(C)(C)CO. The first-order valence-corrected chi connectivity index (χ1v) is 5.01. The van der Waals surface area contributed by atoms with Gasteiger partial charge in [0, 0.05) is 24.5 Å². The fourth-order valence-electron chi connectivity index (χ4n) is 0.938. The van der Waals surface area contributed by atoms with E-state index < -0.39 is 0 Å². The molecule has 4 nitrogen and oxygen atoms in total. The molecule has 4 N–H and O–H groups in total. The number of rotatable bonds is 6. The average molecular weight is 202 g/mol. The van der Waals surface area contributed by atoms with Gasteiger partial charge in [0.1, 0.15) is 0 Å². The maximum Gasteiger partial charge on any atom is 0.222 e. The summed E-state index contributed by atoms with van der Waals surface area (Å²) in [5.41, 5.74) is 5.10. The molecule has 0 aromatic carbocycles. The number of nitrogens with two attached hydrogens (primary N) is 1. The molecule has 0 aliphatic heterocycles. The second-order valence-electron chi connectivity index (χ2n) is 4.52. The van der Waals surface area contributed by atoms with Crippen molar-refractivity contribution in [2.45, 2.75) is 27.2 Å². The lowest BCUT2D eigenvalue weighted by Gasteiger charge is -2.23. The van der Waals surface area contributed by atoms with Crippen LogP contribution in [-0.2, 0) is 4.79 Å². The summed E-state index contributed by atoms with van der Waals surface area (Å²) >= 11 is 0. The van der Waals surface area contributed by atoms with Gasteiger partial charge in [0.05, 0.1) is 0 Å². The Morgan fingerprint density at radius 1 is 1.57 bits per heavy atom. The Balaban J connectivity index is 3.84. The lowest BCUT2D eigenvalue weighted by Crippen LogP contribution is -2.39. The van der Waals surface area contributed by atoms with E-state index in [1.165, 1.54) is 0 Å². The van der Waals surface area contributed by atoms with E-state index in [0.717, 1.165) is 0 Å². The maximum absolute atomic E-state index is 11.4. The van der Waals surface area contributed by atoms with Gasteiger partial charge in [-0.05, 0) is 13.0 Å². The fourth-order valence-corrected chi connectivity index (χ4v) is 0.938. The Labute approximate surface area is 85.9 Å². The van der Waals surface area contributed by atoms with Crippen molar-refractivity contribution in [2.24, 2.45) is 17.1 Å². The van der Waals surface area contributed by atoms with E-state index >= 15 is 0 Å². The molecule has 1 atom stereocenters. The summed E-state index contributed by atoms with van der Waals surface area (Å²) in [7, 11) is 0. The largest absolute Gasteiger partial charge is 0.396 e. The number of hydrogen-bond acceptors (Lipinski definition) is 3. The van der Waals surface area contributed by atoms with E-state index in [-0.39, 0.29) is 23.8 Å². The third-order valence-electron chi connectivity index (χ3n) is 2.22. The Kier molecular flexibility index (Phi) is 5.72. The van der Waals surface area contributed by atoms with Gasteiger partial charge in [0.2, 0.25) is 5.91 Å². The van der Waals surface area contributed by atoms with Crippen LogP contribution in [0.1, 0.15) is 27.2 Å². The van der Waals surface area contributed by atoms with Gasteiger partial charge < -0.3 is 16.2 Å². The third kappa shape index (κ3) is 5.19. The van der Waals surface area contributed by atoms with Crippen LogP contribution in [0.15, 0.2) is 0 Å². The van der Waals surface area contributed by atoms with Crippen LogP contribution in [0.25, 0.3) is 0 Å². The number of amides is 1. The lowest BCUT2D eigenvalue weighted by atomic mass is 9.94. The smallest absolute Gasteiger partial charge is 0.222 e. The van der Waals surface area contributed by atoms with Crippen LogP contribution >= 0.6 is 0 Å². The number of nitrogens with one attached hydrogen (secondary N) is 1. The van der Waals surface area contributed by atoms with Gasteiger partial charge in [-0.2, -0.15) is 0 Å². The highest BCUT2D eigenvalue weighted by Crippen LogP contribution is 2.11. The van der Waals surface area contributed by atoms with Crippen molar-refractivity contribution < 1.29 is 9.90 Å². The molecule has 14 heavy (non-hydrogen) atoms. The second-order valence-corrected chi connectivity index (χ2v) is 4.52. The molecule has 0 aliphatic rings. The molecular formula is C10H22N2O2. The van der Waals surface area contributed by atoms with Crippen molar-refractivity contribution in [1.29, 1.82) is 0 Å². The predicted octanol–water partition coefficient (Wildman–Crippen LogP) is 0.106. The zero-order chi connectivity index (χ0) is 11.2. The highest BCUT2D eigenvalue weighted by Gasteiger charge is 2.19. The lowest BCUT2D eigenvalue weighted by molar-refractivity contribution is -0.125. The summed E-state index contributed by atoms with van der Waals surface area (Å²) < 4.78 is 0. The number of hydrogen-bond donors (Lipinski definition) is 3. The minimum absolute atomic E-state index is 0.0111.